The number of hydrogen-bond donors (Lipinski definition) is 3. The first-order valence-electron chi connectivity index (χ1n) is 13.7. The van der Waals surface area contributed by atoms with Crippen LogP contribution in [0.3, 0.4) is 0 Å². The molecule has 0 spiro atoms. The number of piperidine rings is 1. The first-order chi connectivity index (χ1) is 18.7. The van der Waals surface area contributed by atoms with E-state index >= 15 is 0 Å². The Bertz CT molecular complexity index is 1170. The Morgan fingerprint density at radius 2 is 1.85 bits per heavy atom. The van der Waals surface area contributed by atoms with Gasteiger partial charge < -0.3 is 25.2 Å². The number of urea groups is 1. The summed E-state index contributed by atoms with van der Waals surface area (Å²) in [5.41, 5.74) is 0.831. The predicted molar refractivity (Wildman–Crippen MR) is 150 cm³/mol. The van der Waals surface area contributed by atoms with Gasteiger partial charge in [-0.1, -0.05) is 48.5 Å². The number of carbonyl (C=O) groups is 3. The lowest BCUT2D eigenvalue weighted by Gasteiger charge is -2.45. The normalized spacial score (nSPS) is 18.4. The fourth-order valence-corrected chi connectivity index (χ4v) is 6.33. The fraction of sp³-hybridized carbons (Fsp3) is 0.571. The number of nitrogens with zero attached hydrogens (tertiary/aromatic N) is 3. The molecule has 3 N–H and O–H groups in total. The van der Waals surface area contributed by atoms with Crippen LogP contribution >= 0.6 is 23.2 Å². The second-order valence-corrected chi connectivity index (χ2v) is 11.6. The molecule has 2 fully saturated rings. The number of aryl methyl sites for hydroxylation is 1. The van der Waals surface area contributed by atoms with Crippen molar-refractivity contribution >= 4 is 41.1 Å². The zero-order valence-electron chi connectivity index (χ0n) is 22.3. The molecular weight excluding hydrogens is 541 g/mol. The summed E-state index contributed by atoms with van der Waals surface area (Å²) in [4.78, 5) is 44.9. The molecule has 1 saturated carbocycles. The van der Waals surface area contributed by atoms with Gasteiger partial charge in [-0.05, 0) is 49.3 Å². The van der Waals surface area contributed by atoms with Crippen molar-refractivity contribution in [2.45, 2.75) is 63.8 Å². The van der Waals surface area contributed by atoms with E-state index in [1.165, 1.54) is 0 Å². The molecule has 1 aliphatic carbocycles. The smallest absolute Gasteiger partial charge is 0.315 e. The number of likely N-dealkylation sites (tertiary alicyclic amines) is 1. The number of benzene rings is 1. The molecule has 1 saturated heterocycles. The number of imidazole rings is 1. The lowest BCUT2D eigenvalue weighted by Crippen LogP contribution is -2.56. The maximum Gasteiger partial charge on any atom is 0.315 e. The molecule has 39 heavy (non-hydrogen) atoms. The first kappa shape index (κ1) is 29.2. The second-order valence-electron chi connectivity index (χ2n) is 10.8. The molecule has 2 aromatic rings. The Hall–Kier alpha value is -2.78. The van der Waals surface area contributed by atoms with E-state index < -0.39 is 23.5 Å². The van der Waals surface area contributed by atoms with Crippen molar-refractivity contribution in [3.05, 3.63) is 52.0 Å². The molecular formula is C28H37Cl2N5O4. The zero-order chi connectivity index (χ0) is 28.0. The minimum absolute atomic E-state index is 0.149. The van der Waals surface area contributed by atoms with Crippen molar-refractivity contribution in [3.63, 3.8) is 0 Å². The molecule has 4 rings (SSSR count). The Morgan fingerprint density at radius 3 is 2.46 bits per heavy atom. The van der Waals surface area contributed by atoms with Gasteiger partial charge in [0.1, 0.15) is 6.04 Å². The minimum atomic E-state index is -0.843. The molecule has 11 heteroatoms. The van der Waals surface area contributed by atoms with Crippen molar-refractivity contribution in [2.24, 2.45) is 18.4 Å². The van der Waals surface area contributed by atoms with Crippen LogP contribution in [0.1, 0.15) is 56.2 Å². The molecule has 1 aromatic carbocycles. The van der Waals surface area contributed by atoms with E-state index in [1.807, 2.05) is 17.8 Å². The van der Waals surface area contributed by atoms with Crippen LogP contribution in [0, 0.1) is 11.3 Å². The summed E-state index contributed by atoms with van der Waals surface area (Å²) in [7, 11) is 1.88. The first-order valence-corrected chi connectivity index (χ1v) is 14.4. The molecule has 2 aliphatic rings. The van der Waals surface area contributed by atoms with Crippen molar-refractivity contribution in [3.8, 4) is 0 Å². The van der Waals surface area contributed by atoms with Crippen LogP contribution in [-0.4, -0.2) is 63.1 Å². The van der Waals surface area contributed by atoms with Crippen molar-refractivity contribution < 1.29 is 19.5 Å². The van der Waals surface area contributed by atoms with Crippen molar-refractivity contribution in [2.75, 3.05) is 19.6 Å². The van der Waals surface area contributed by atoms with Gasteiger partial charge in [0.25, 0.3) is 0 Å². The van der Waals surface area contributed by atoms with E-state index in [2.05, 4.69) is 15.6 Å². The molecule has 0 bridgehead atoms. The molecule has 3 amide bonds. The van der Waals surface area contributed by atoms with Crippen LogP contribution in [0.2, 0.25) is 10.0 Å². The highest BCUT2D eigenvalue weighted by Gasteiger charge is 2.48. The van der Waals surface area contributed by atoms with Crippen molar-refractivity contribution in [1.82, 2.24) is 25.1 Å². The average molecular weight is 579 g/mol. The van der Waals surface area contributed by atoms with Gasteiger partial charge in [-0.3, -0.25) is 9.59 Å². The Morgan fingerprint density at radius 1 is 1.13 bits per heavy atom. The summed E-state index contributed by atoms with van der Waals surface area (Å²) >= 11 is 12.3. The van der Waals surface area contributed by atoms with Gasteiger partial charge >= 0.3 is 12.0 Å². The molecule has 1 aromatic heterocycles. The highest BCUT2D eigenvalue weighted by Crippen LogP contribution is 2.46. The number of aliphatic carboxylic acids is 1. The van der Waals surface area contributed by atoms with Gasteiger partial charge in [0.15, 0.2) is 0 Å². The Balaban J connectivity index is 1.42. The lowest BCUT2D eigenvalue weighted by atomic mass is 9.64. The van der Waals surface area contributed by atoms with E-state index in [0.717, 1.165) is 43.4 Å². The van der Waals surface area contributed by atoms with Crippen LogP contribution in [0.25, 0.3) is 0 Å². The van der Waals surface area contributed by atoms with Crippen LogP contribution in [0.15, 0.2) is 30.7 Å². The number of rotatable bonds is 9. The molecule has 2 heterocycles. The number of carboxylic acid groups (broad SMARTS) is 1. The molecule has 0 radical (unpaired) electrons. The SMILES string of the molecule is Cn1cnc(CCNC(=O)N[C@H](Cc2ccc(Cl)c(Cl)c2)C(=O)N2CCC(C(=O)O)(C3CCCCC3)CC2)c1. The monoisotopic (exact) mass is 577 g/mol. The maximum atomic E-state index is 13.7. The number of nitrogens with one attached hydrogen (secondary N) is 2. The van der Waals surface area contributed by atoms with Gasteiger partial charge in [0.2, 0.25) is 5.91 Å². The fourth-order valence-electron chi connectivity index (χ4n) is 6.01. The van der Waals surface area contributed by atoms with Crippen LogP contribution < -0.4 is 10.6 Å². The van der Waals surface area contributed by atoms with Crippen LogP contribution in [0.5, 0.6) is 0 Å². The summed E-state index contributed by atoms with van der Waals surface area (Å²) in [5, 5.41) is 16.6. The average Bonchev–Trinajstić information content (AvgIpc) is 3.35. The quantitative estimate of drug-likeness (QED) is 0.407. The topological polar surface area (TPSA) is 117 Å². The van der Waals surface area contributed by atoms with Crippen LogP contribution in [0.4, 0.5) is 4.79 Å². The Labute approximate surface area is 239 Å². The van der Waals surface area contributed by atoms with Crippen LogP contribution in [-0.2, 0) is 29.5 Å². The largest absolute Gasteiger partial charge is 0.481 e. The Kier molecular flexibility index (Phi) is 9.77. The molecule has 9 nitrogen and oxygen atoms in total. The number of amides is 3. The van der Waals surface area contributed by atoms with Crippen molar-refractivity contribution in [1.29, 1.82) is 0 Å². The summed E-state index contributed by atoms with van der Waals surface area (Å²) in [6, 6.07) is 3.84. The number of carboxylic acids is 1. The van der Waals surface area contributed by atoms with E-state index in [1.54, 1.807) is 29.4 Å². The van der Waals surface area contributed by atoms with E-state index in [4.69, 9.17) is 23.2 Å². The van der Waals surface area contributed by atoms with E-state index in [0.29, 0.717) is 48.9 Å². The van der Waals surface area contributed by atoms with Gasteiger partial charge in [-0.15, -0.1) is 0 Å². The lowest BCUT2D eigenvalue weighted by molar-refractivity contribution is -0.160. The van der Waals surface area contributed by atoms with Gasteiger partial charge in [-0.2, -0.15) is 0 Å². The number of halogens is 2. The molecule has 212 valence electrons. The molecule has 1 atom stereocenters. The van der Waals surface area contributed by atoms with Gasteiger partial charge in [-0.25, -0.2) is 9.78 Å². The summed E-state index contributed by atoms with van der Waals surface area (Å²) in [5.74, 6) is -0.834. The highest BCUT2D eigenvalue weighted by atomic mass is 35.5. The predicted octanol–water partition coefficient (Wildman–Crippen LogP) is 4.45. The maximum absolute atomic E-state index is 13.7. The minimum Gasteiger partial charge on any atom is -0.481 e. The summed E-state index contributed by atoms with van der Waals surface area (Å²) < 4.78 is 1.84. The summed E-state index contributed by atoms with van der Waals surface area (Å²) in [6.07, 6.45) is 10.4. The van der Waals surface area contributed by atoms with Gasteiger partial charge in [0, 0.05) is 45.7 Å². The third-order valence-corrected chi connectivity index (χ3v) is 8.97. The third-order valence-electron chi connectivity index (χ3n) is 8.23. The summed E-state index contributed by atoms with van der Waals surface area (Å²) in [6.45, 7) is 1.06. The number of aromatic nitrogens is 2. The van der Waals surface area contributed by atoms with E-state index in [-0.39, 0.29) is 18.2 Å². The van der Waals surface area contributed by atoms with Gasteiger partial charge in [0.05, 0.1) is 27.5 Å². The van der Waals surface area contributed by atoms with E-state index in [9.17, 15) is 19.5 Å². The second kappa shape index (κ2) is 13.0. The highest BCUT2D eigenvalue weighted by molar-refractivity contribution is 6.42. The number of hydrogen-bond acceptors (Lipinski definition) is 4. The third kappa shape index (κ3) is 7.25. The standard InChI is InChI=1S/C28H37Cl2N5O4/c1-34-17-21(32-18-34)9-12-31-27(39)33-24(16-19-7-8-22(29)23(30)15-19)25(36)35-13-10-28(11-14-35,26(37)38)20-5-3-2-4-6-20/h7-8,15,17-18,20,24H,2-6,9-14,16H2,1H3,(H,37,38)(H2,31,33,39)/t24-/m1/s1. The molecule has 0 unspecified atom stereocenters. The zero-order valence-corrected chi connectivity index (χ0v) is 23.8. The number of carbonyl (C=O) groups excluding carboxylic acids is 2. The molecule has 1 aliphatic heterocycles.